The SMILES string of the molecule is O=C(O)CC(NC(=O)c1ccc(N2CCCN(C(=O)C3CC3)CC2)c(NC(=O)c2cccc(Cl)c2)c1)c1cccnc1. The van der Waals surface area contributed by atoms with Gasteiger partial charge in [-0.15, -0.1) is 0 Å². The highest BCUT2D eigenvalue weighted by Crippen LogP contribution is 2.33. The lowest BCUT2D eigenvalue weighted by Crippen LogP contribution is -2.36. The fourth-order valence-electron chi connectivity index (χ4n) is 5.10. The van der Waals surface area contributed by atoms with E-state index in [0.717, 1.165) is 24.9 Å². The van der Waals surface area contributed by atoms with Gasteiger partial charge >= 0.3 is 5.97 Å². The molecule has 2 aromatic carbocycles. The molecular weight excluding hydrogens is 558 g/mol. The van der Waals surface area contributed by atoms with E-state index in [1.165, 1.54) is 6.20 Å². The molecule has 1 unspecified atom stereocenters. The van der Waals surface area contributed by atoms with Crippen LogP contribution in [0.1, 0.15) is 58.0 Å². The number of halogens is 1. The number of amides is 3. The Kier molecular flexibility index (Phi) is 9.02. The third kappa shape index (κ3) is 7.25. The lowest BCUT2D eigenvalue weighted by Gasteiger charge is -2.27. The first-order valence-electron chi connectivity index (χ1n) is 14.0. The molecule has 5 rings (SSSR count). The van der Waals surface area contributed by atoms with Crippen LogP contribution in [0, 0.1) is 5.92 Å². The molecule has 0 spiro atoms. The van der Waals surface area contributed by atoms with Crippen molar-refractivity contribution >= 4 is 46.7 Å². The van der Waals surface area contributed by atoms with Crippen molar-refractivity contribution in [3.05, 3.63) is 88.7 Å². The minimum atomic E-state index is -1.07. The molecule has 218 valence electrons. The average molecular weight is 590 g/mol. The zero-order valence-electron chi connectivity index (χ0n) is 23.0. The highest BCUT2D eigenvalue weighted by atomic mass is 35.5. The van der Waals surface area contributed by atoms with Gasteiger partial charge in [-0.3, -0.25) is 24.2 Å². The summed E-state index contributed by atoms with van der Waals surface area (Å²) in [5.41, 5.74) is 2.32. The Balaban J connectivity index is 1.41. The third-order valence-electron chi connectivity index (χ3n) is 7.44. The molecule has 1 aliphatic carbocycles. The summed E-state index contributed by atoms with van der Waals surface area (Å²) in [6.07, 6.45) is 5.44. The summed E-state index contributed by atoms with van der Waals surface area (Å²) in [7, 11) is 0. The number of aliphatic carboxylic acids is 1. The Hall–Kier alpha value is -4.44. The first-order chi connectivity index (χ1) is 20.3. The molecule has 1 atom stereocenters. The number of anilines is 2. The number of carboxylic acids is 1. The molecule has 1 aromatic heterocycles. The quantitative estimate of drug-likeness (QED) is 0.337. The van der Waals surface area contributed by atoms with Gasteiger partial charge in [0.2, 0.25) is 5.91 Å². The Labute approximate surface area is 248 Å². The molecular formula is C31H32ClN5O5. The first-order valence-corrected chi connectivity index (χ1v) is 14.3. The van der Waals surface area contributed by atoms with Gasteiger partial charge in [0.05, 0.1) is 23.8 Å². The van der Waals surface area contributed by atoms with Gasteiger partial charge in [-0.1, -0.05) is 23.7 Å². The molecule has 11 heteroatoms. The maximum atomic E-state index is 13.4. The highest BCUT2D eigenvalue weighted by Gasteiger charge is 2.34. The van der Waals surface area contributed by atoms with Crippen LogP contribution in [-0.4, -0.2) is 64.9 Å². The summed E-state index contributed by atoms with van der Waals surface area (Å²) in [5.74, 6) is -1.59. The average Bonchev–Trinajstić information content (AvgIpc) is 3.85. The molecule has 42 heavy (non-hydrogen) atoms. The molecule has 3 aromatic rings. The minimum absolute atomic E-state index is 0.151. The fraction of sp³-hybridized carbons (Fsp3) is 0.323. The summed E-state index contributed by atoms with van der Waals surface area (Å²) in [5, 5.41) is 15.6. The predicted octanol–water partition coefficient (Wildman–Crippen LogP) is 4.38. The van der Waals surface area contributed by atoms with Crippen molar-refractivity contribution < 1.29 is 24.3 Å². The predicted molar refractivity (Wildman–Crippen MR) is 159 cm³/mol. The minimum Gasteiger partial charge on any atom is -0.481 e. The van der Waals surface area contributed by atoms with Gasteiger partial charge < -0.3 is 25.5 Å². The van der Waals surface area contributed by atoms with Crippen molar-refractivity contribution in [1.82, 2.24) is 15.2 Å². The third-order valence-corrected chi connectivity index (χ3v) is 7.67. The monoisotopic (exact) mass is 589 g/mol. The van der Waals surface area contributed by atoms with E-state index in [4.69, 9.17) is 11.6 Å². The van der Waals surface area contributed by atoms with Crippen LogP contribution in [0.15, 0.2) is 67.0 Å². The van der Waals surface area contributed by atoms with E-state index in [-0.39, 0.29) is 23.8 Å². The normalized spacial score (nSPS) is 15.8. The second-order valence-corrected chi connectivity index (χ2v) is 11.0. The van der Waals surface area contributed by atoms with Crippen LogP contribution < -0.4 is 15.5 Å². The maximum Gasteiger partial charge on any atom is 0.305 e. The number of benzene rings is 2. The molecule has 1 saturated carbocycles. The summed E-state index contributed by atoms with van der Waals surface area (Å²) >= 11 is 6.11. The molecule has 0 radical (unpaired) electrons. The number of carboxylic acid groups (broad SMARTS) is 1. The van der Waals surface area contributed by atoms with Crippen LogP contribution in [0.25, 0.3) is 0 Å². The summed E-state index contributed by atoms with van der Waals surface area (Å²) in [4.78, 5) is 58.9. The van der Waals surface area contributed by atoms with Crippen molar-refractivity contribution in [2.75, 3.05) is 36.4 Å². The molecule has 3 amide bonds. The molecule has 2 heterocycles. The second-order valence-electron chi connectivity index (χ2n) is 10.5. The molecule has 2 fully saturated rings. The van der Waals surface area contributed by atoms with E-state index in [1.54, 1.807) is 60.8 Å². The van der Waals surface area contributed by atoms with Crippen LogP contribution >= 0.6 is 11.6 Å². The summed E-state index contributed by atoms with van der Waals surface area (Å²) < 4.78 is 0. The van der Waals surface area contributed by atoms with Crippen LogP contribution in [0.5, 0.6) is 0 Å². The van der Waals surface area contributed by atoms with Gasteiger partial charge in [-0.2, -0.15) is 0 Å². The highest BCUT2D eigenvalue weighted by molar-refractivity contribution is 6.31. The molecule has 0 bridgehead atoms. The summed E-state index contributed by atoms with van der Waals surface area (Å²) in [6, 6.07) is 14.2. The Morgan fingerprint density at radius 1 is 0.952 bits per heavy atom. The van der Waals surface area contributed by atoms with Crippen LogP contribution in [-0.2, 0) is 9.59 Å². The van der Waals surface area contributed by atoms with Crippen molar-refractivity contribution in [2.24, 2.45) is 5.92 Å². The number of rotatable bonds is 9. The van der Waals surface area contributed by atoms with E-state index in [1.807, 2.05) is 4.90 Å². The van der Waals surface area contributed by atoms with Crippen LogP contribution in [0.4, 0.5) is 11.4 Å². The van der Waals surface area contributed by atoms with Crippen molar-refractivity contribution in [2.45, 2.75) is 31.7 Å². The zero-order valence-corrected chi connectivity index (χ0v) is 23.7. The van der Waals surface area contributed by atoms with E-state index in [2.05, 4.69) is 20.5 Å². The van der Waals surface area contributed by atoms with Crippen molar-refractivity contribution in [3.8, 4) is 0 Å². The van der Waals surface area contributed by atoms with Crippen molar-refractivity contribution in [3.63, 3.8) is 0 Å². The number of hydrogen-bond donors (Lipinski definition) is 3. The number of nitrogens with one attached hydrogen (secondary N) is 2. The number of carbonyl (C=O) groups excluding carboxylic acids is 3. The van der Waals surface area contributed by atoms with Gasteiger partial charge in [0.25, 0.3) is 11.8 Å². The van der Waals surface area contributed by atoms with Gasteiger partial charge in [-0.05, 0) is 67.3 Å². The lowest BCUT2D eigenvalue weighted by molar-refractivity contribution is -0.137. The molecule has 1 aliphatic heterocycles. The molecule has 1 saturated heterocycles. The summed E-state index contributed by atoms with van der Waals surface area (Å²) in [6.45, 7) is 2.49. The Bertz CT molecular complexity index is 1480. The van der Waals surface area contributed by atoms with E-state index in [0.29, 0.717) is 48.0 Å². The number of hydrogen-bond acceptors (Lipinski definition) is 6. The lowest BCUT2D eigenvalue weighted by atomic mass is 10.0. The first kappa shape index (κ1) is 29.1. The standard InChI is InChI=1S/C31H32ClN5O5/c32-24-6-1-4-21(16-24)29(40)35-26-17-22(30(41)34-25(18-28(38)39)23-5-2-11-33-19-23)9-10-27(26)36-12-3-13-37(15-14-36)31(42)20-7-8-20/h1-2,4-6,9-11,16-17,19-20,25H,3,7-8,12-15,18H2,(H,34,41)(H,35,40)(H,38,39). The van der Waals surface area contributed by atoms with Crippen molar-refractivity contribution in [1.29, 1.82) is 0 Å². The zero-order chi connectivity index (χ0) is 29.6. The Morgan fingerprint density at radius 3 is 2.48 bits per heavy atom. The largest absolute Gasteiger partial charge is 0.481 e. The Morgan fingerprint density at radius 2 is 1.76 bits per heavy atom. The van der Waals surface area contributed by atoms with E-state index >= 15 is 0 Å². The topological polar surface area (TPSA) is 132 Å². The van der Waals surface area contributed by atoms with Gasteiger partial charge in [-0.25, -0.2) is 0 Å². The number of carbonyl (C=O) groups is 4. The van der Waals surface area contributed by atoms with E-state index < -0.39 is 23.8 Å². The fourth-order valence-corrected chi connectivity index (χ4v) is 5.29. The number of pyridine rings is 1. The maximum absolute atomic E-state index is 13.4. The van der Waals surface area contributed by atoms with E-state index in [9.17, 15) is 24.3 Å². The van der Waals surface area contributed by atoms with Gasteiger partial charge in [0.1, 0.15) is 0 Å². The van der Waals surface area contributed by atoms with Gasteiger partial charge in [0, 0.05) is 60.6 Å². The number of aromatic nitrogens is 1. The second kappa shape index (κ2) is 13.0. The van der Waals surface area contributed by atoms with Crippen LogP contribution in [0.2, 0.25) is 5.02 Å². The van der Waals surface area contributed by atoms with Gasteiger partial charge in [0.15, 0.2) is 0 Å². The molecule has 2 aliphatic rings. The smallest absolute Gasteiger partial charge is 0.305 e. The number of nitrogens with zero attached hydrogens (tertiary/aromatic N) is 3. The van der Waals surface area contributed by atoms with Crippen LogP contribution in [0.3, 0.4) is 0 Å². The molecule has 3 N–H and O–H groups in total. The molecule has 10 nitrogen and oxygen atoms in total.